The number of Topliss-reactive ketones (excluding diaryl/α,β-unsaturated/α-hetero) is 2. The summed E-state index contributed by atoms with van der Waals surface area (Å²) >= 11 is -0.330. The molecule has 0 radical (unpaired) electrons. The molecular formula is C51H83F6IO9S2Si2. The molecule has 1 aliphatic heterocycles. The second-order valence-corrected chi connectivity index (χ2v) is 37.6. The first-order valence-electron chi connectivity index (χ1n) is 23.7. The van der Waals surface area contributed by atoms with Gasteiger partial charge in [0.25, 0.3) is 0 Å². The normalized spacial score (nSPS) is 17.6. The zero-order chi connectivity index (χ0) is 55.9. The van der Waals surface area contributed by atoms with E-state index in [0.717, 1.165) is 18.4 Å². The molecule has 0 aromatic heterocycles. The van der Waals surface area contributed by atoms with E-state index < -0.39 is 67.0 Å². The fourth-order valence-corrected chi connectivity index (χ4v) is 15.6. The van der Waals surface area contributed by atoms with Crippen molar-refractivity contribution in [2.75, 3.05) is 11.5 Å². The summed E-state index contributed by atoms with van der Waals surface area (Å²) in [5.41, 5.74) is -1.30. The van der Waals surface area contributed by atoms with Crippen molar-refractivity contribution in [1.29, 1.82) is 0 Å². The molecule has 1 aromatic rings. The number of thioether (sulfide) groups is 2. The Morgan fingerprint density at radius 3 is 1.30 bits per heavy atom. The van der Waals surface area contributed by atoms with Crippen molar-refractivity contribution in [3.05, 3.63) is 58.2 Å². The molecule has 0 bridgehead atoms. The maximum atomic E-state index is 13.6. The third-order valence-electron chi connectivity index (χ3n) is 13.0. The van der Waals surface area contributed by atoms with E-state index in [1.54, 1.807) is 13.8 Å². The second-order valence-electron chi connectivity index (χ2n) is 22.0. The van der Waals surface area contributed by atoms with E-state index in [2.05, 4.69) is 127 Å². The Morgan fingerprint density at radius 2 is 0.986 bits per heavy atom. The molecule has 6 atom stereocenters. The van der Waals surface area contributed by atoms with Crippen molar-refractivity contribution in [3.8, 4) is 0 Å². The van der Waals surface area contributed by atoms with E-state index in [4.69, 9.17) is 8.85 Å². The fourth-order valence-electron chi connectivity index (χ4n) is 6.58. The van der Waals surface area contributed by atoms with E-state index >= 15 is 0 Å². The first-order valence-corrected chi connectivity index (χ1v) is 34.5. The molecule has 0 spiro atoms. The van der Waals surface area contributed by atoms with Gasteiger partial charge in [-0.05, 0) is 93.7 Å². The number of benzene rings is 1. The van der Waals surface area contributed by atoms with Crippen LogP contribution in [-0.2, 0) is 39.0 Å². The first-order chi connectivity index (χ1) is 32.0. The molecule has 1 heterocycles. The molecular weight excluding hydrogens is 1120 g/mol. The molecule has 0 amide bonds. The Kier molecular flexibility index (Phi) is 27.4. The van der Waals surface area contributed by atoms with Crippen LogP contribution >= 0.6 is 44.2 Å². The number of rotatable bonds is 19. The molecule has 0 unspecified atom stereocenters. The van der Waals surface area contributed by atoms with Gasteiger partial charge < -0.3 is 13.6 Å². The van der Waals surface area contributed by atoms with Crippen molar-refractivity contribution in [2.45, 2.75) is 183 Å². The van der Waals surface area contributed by atoms with Crippen LogP contribution < -0.4 is 0 Å². The molecule has 0 N–H and O–H groups in total. The van der Waals surface area contributed by atoms with Crippen LogP contribution in [0.4, 0.5) is 26.3 Å². The van der Waals surface area contributed by atoms with Gasteiger partial charge in [0.15, 0.2) is 22.4 Å². The third kappa shape index (κ3) is 21.6. The quantitative estimate of drug-likeness (QED) is 0.0329. The summed E-state index contributed by atoms with van der Waals surface area (Å²) in [6.07, 6.45) is -0.739. The van der Waals surface area contributed by atoms with Gasteiger partial charge in [0.1, 0.15) is 12.1 Å². The summed E-state index contributed by atoms with van der Waals surface area (Å²) < 4.78 is 93.9. The summed E-state index contributed by atoms with van der Waals surface area (Å²) in [5.74, 6) is -2.87. The number of hydrogen-bond acceptors (Lipinski definition) is 11. The number of aldehydes is 1. The Labute approximate surface area is 440 Å². The van der Waals surface area contributed by atoms with Crippen LogP contribution in [0.15, 0.2) is 54.6 Å². The predicted octanol–water partition coefficient (Wildman–Crippen LogP) is 15.4. The first kappa shape index (κ1) is 69.0. The predicted molar refractivity (Wildman–Crippen MR) is 291 cm³/mol. The summed E-state index contributed by atoms with van der Waals surface area (Å²) in [4.78, 5) is 59.1. The number of alkyl halides is 6. The van der Waals surface area contributed by atoms with Crippen molar-refractivity contribution in [2.24, 2.45) is 34.5 Å². The average Bonchev–Trinajstić information content (AvgIpc) is 3.25. The molecule has 20 heteroatoms. The SMILES string of the molecule is C/C=C/[C@H](C)[C@@H](O[Si](C)(C)C(C)(C)C)[C@@H](C)C(=O)C(C)(C)C1SCCCS1.C/C=C/[C@H](C)[C@@H](O[Si](C)(C)C(C)(C)C)[C@@H](C)C(=O)C(C)(C)C=O.O=C(OI(OC(=O)C(F)(F)F)c1ccccc1)C(F)(F)F. The number of carbonyl (C=O) groups excluding carboxylic acids is 5. The standard InChI is InChI=1S/C22H42O2S2Si.C19H36O3Si.C10H5F6IO4/c1-11-13-16(2)18(24-27(9,10)21(4,5)6)17(3)19(23)22(7,8)20-25-14-12-15-26-20;1-11-12-14(2)16(22-23(9,10)18(4,5)6)15(3)17(21)19(7,8)13-20;11-9(12,13)7(18)20-17(6-4-2-1-3-5-6)21-8(19)10(14,15)16/h11,13,16-18,20H,12,14-15H2,1-10H3;11-16H,1-10H3;1-5H/b13-11+;12-11+;/t16-,17+,18+;14-,15+,16+;/m00./s1. The third-order valence-corrected chi connectivity index (χ3v) is 28.9. The topological polar surface area (TPSA) is 122 Å². The average molecular weight is 1200 g/mol. The van der Waals surface area contributed by atoms with Crippen molar-refractivity contribution < 1.29 is 65.3 Å². The van der Waals surface area contributed by atoms with Crippen molar-refractivity contribution >= 4 is 90.6 Å². The van der Waals surface area contributed by atoms with Crippen LogP contribution in [0.2, 0.25) is 36.3 Å². The Bertz CT molecular complexity index is 1900. The van der Waals surface area contributed by atoms with Gasteiger partial charge in [0.2, 0.25) is 0 Å². The van der Waals surface area contributed by atoms with Gasteiger partial charge in [0.05, 0.1) is 22.2 Å². The van der Waals surface area contributed by atoms with E-state index in [9.17, 15) is 50.3 Å². The summed E-state index contributed by atoms with van der Waals surface area (Å²) in [6.45, 7) is 42.3. The second kappa shape index (κ2) is 28.2. The van der Waals surface area contributed by atoms with Gasteiger partial charge in [-0.2, -0.15) is 0 Å². The van der Waals surface area contributed by atoms with Crippen molar-refractivity contribution in [1.82, 2.24) is 0 Å². The van der Waals surface area contributed by atoms with Gasteiger partial charge in [-0.15, -0.1) is 23.5 Å². The van der Waals surface area contributed by atoms with Gasteiger partial charge >= 0.3 is 121 Å². The molecule has 1 fully saturated rings. The van der Waals surface area contributed by atoms with Gasteiger partial charge in [0, 0.05) is 17.3 Å². The molecule has 410 valence electrons. The van der Waals surface area contributed by atoms with Crippen LogP contribution in [0.5, 0.6) is 0 Å². The summed E-state index contributed by atoms with van der Waals surface area (Å²) in [7, 11) is -3.98. The van der Waals surface area contributed by atoms with E-state index in [0.29, 0.717) is 10.4 Å². The molecule has 1 aliphatic rings. The van der Waals surface area contributed by atoms with Crippen LogP contribution in [0.1, 0.15) is 117 Å². The summed E-state index contributed by atoms with van der Waals surface area (Å²) in [5, 5.41) is 0.206. The van der Waals surface area contributed by atoms with Gasteiger partial charge in [-0.25, -0.2) is 0 Å². The fraction of sp³-hybridized carbons (Fsp3) is 0.706. The van der Waals surface area contributed by atoms with Crippen molar-refractivity contribution in [3.63, 3.8) is 0 Å². The number of allylic oxidation sites excluding steroid dienone is 2. The number of hydrogen-bond donors (Lipinski definition) is 0. The zero-order valence-corrected chi connectivity index (χ0v) is 51.4. The van der Waals surface area contributed by atoms with E-state index in [1.165, 1.54) is 36.1 Å². The Hall–Kier alpha value is -1.99. The minimum absolute atomic E-state index is 0.0486. The molecule has 71 heavy (non-hydrogen) atoms. The number of ketones is 2. The molecule has 0 aliphatic carbocycles. The number of carbonyl (C=O) groups is 5. The van der Waals surface area contributed by atoms with Crippen LogP contribution in [0, 0.1) is 38.1 Å². The van der Waals surface area contributed by atoms with Gasteiger partial charge in [-0.1, -0.05) is 107 Å². The molecule has 1 saturated heterocycles. The Morgan fingerprint density at radius 1 is 0.634 bits per heavy atom. The van der Waals surface area contributed by atoms with Crippen LogP contribution in [0.3, 0.4) is 0 Å². The maximum absolute atomic E-state index is 13.6. The zero-order valence-electron chi connectivity index (χ0n) is 45.6. The Balaban J connectivity index is 0.00000104. The molecule has 1 aromatic carbocycles. The van der Waals surface area contributed by atoms with Gasteiger partial charge in [-0.3, -0.25) is 9.59 Å². The van der Waals surface area contributed by atoms with E-state index in [-0.39, 0.29) is 60.7 Å². The summed E-state index contributed by atoms with van der Waals surface area (Å²) in [6, 6.07) is 6.18. The number of halogens is 7. The molecule has 9 nitrogen and oxygen atoms in total. The van der Waals surface area contributed by atoms with Crippen LogP contribution in [-0.4, -0.2) is 87.1 Å². The molecule has 0 saturated carbocycles. The minimum atomic E-state index is -5.41. The molecule has 2 rings (SSSR count). The monoisotopic (exact) mass is 1200 g/mol. The van der Waals surface area contributed by atoms with E-state index in [1.807, 2.05) is 50.4 Å². The van der Waals surface area contributed by atoms with Crippen LogP contribution in [0.25, 0.3) is 0 Å².